The molecule has 5 nitrogen and oxygen atoms in total. The number of fused-ring (bicyclic) bond motifs is 1. The summed E-state index contributed by atoms with van der Waals surface area (Å²) in [5.41, 5.74) is 0.503. The average Bonchev–Trinajstić information content (AvgIpc) is 3.06. The first kappa shape index (κ1) is 14.2. The van der Waals surface area contributed by atoms with Crippen molar-refractivity contribution in [1.29, 1.82) is 0 Å². The summed E-state index contributed by atoms with van der Waals surface area (Å²) in [4.78, 5) is 0.181. The minimum absolute atomic E-state index is 0.181. The van der Waals surface area contributed by atoms with Gasteiger partial charge in [0.15, 0.2) is 0 Å². The number of nitrogens with one attached hydrogen (secondary N) is 1. The highest BCUT2D eigenvalue weighted by atomic mass is 35.5. The van der Waals surface area contributed by atoms with Gasteiger partial charge in [0.05, 0.1) is 11.7 Å². The maximum absolute atomic E-state index is 12.6. The number of nitrogens with zero attached hydrogens (tertiary/aromatic N) is 2. The summed E-state index contributed by atoms with van der Waals surface area (Å²) in [6.45, 7) is 0. The second-order valence-corrected chi connectivity index (χ2v) is 7.56. The molecule has 1 aliphatic carbocycles. The summed E-state index contributed by atoms with van der Waals surface area (Å²) in [5, 5.41) is 0. The maximum Gasteiger partial charge on any atom is 0.243 e. The largest absolute Gasteiger partial charge is 0.243 e. The van der Waals surface area contributed by atoms with E-state index in [-0.39, 0.29) is 10.8 Å². The van der Waals surface area contributed by atoms with Crippen LogP contribution < -0.4 is 4.72 Å². The van der Waals surface area contributed by atoms with E-state index in [9.17, 15) is 8.42 Å². The van der Waals surface area contributed by atoms with Gasteiger partial charge in [-0.05, 0) is 25.0 Å². The van der Waals surface area contributed by atoms with Gasteiger partial charge in [0.1, 0.15) is 15.9 Å². The summed E-state index contributed by atoms with van der Waals surface area (Å²) in [6.07, 6.45) is 3.55. The van der Waals surface area contributed by atoms with E-state index in [1.165, 1.54) is 0 Å². The van der Waals surface area contributed by atoms with Crippen molar-refractivity contribution in [2.45, 2.75) is 36.1 Å². The van der Waals surface area contributed by atoms with Crippen molar-refractivity contribution in [3.63, 3.8) is 0 Å². The first-order valence-corrected chi connectivity index (χ1v) is 9.12. The lowest BCUT2D eigenvalue weighted by atomic mass is 10.0. The Labute approximate surface area is 126 Å². The Morgan fingerprint density at radius 2 is 2.05 bits per heavy atom. The maximum atomic E-state index is 12.6. The van der Waals surface area contributed by atoms with Crippen molar-refractivity contribution in [3.8, 4) is 0 Å². The molecule has 3 rings (SSSR count). The van der Waals surface area contributed by atoms with Crippen LogP contribution in [-0.4, -0.2) is 28.6 Å². The fourth-order valence-corrected chi connectivity index (χ4v) is 5.29. The second kappa shape index (κ2) is 5.22. The predicted molar refractivity (Wildman–Crippen MR) is 79.7 cm³/mol. The number of rotatable bonds is 4. The van der Waals surface area contributed by atoms with Crippen LogP contribution in [-0.2, 0) is 10.0 Å². The van der Waals surface area contributed by atoms with Gasteiger partial charge >= 0.3 is 0 Å². The molecule has 2 aromatic rings. The molecule has 1 saturated carbocycles. The Bertz CT molecular complexity index is 723. The zero-order valence-electron chi connectivity index (χ0n) is 10.7. The fourth-order valence-electron chi connectivity index (χ4n) is 2.65. The van der Waals surface area contributed by atoms with Gasteiger partial charge in [-0.25, -0.2) is 13.1 Å². The summed E-state index contributed by atoms with van der Waals surface area (Å²) in [7, 11) is -3.64. The molecular formula is C12H14ClN3O2S2. The molecule has 0 amide bonds. The summed E-state index contributed by atoms with van der Waals surface area (Å²) in [5.74, 6) is 0.289. The number of alkyl halides is 1. The standard InChI is InChI=1S/C12H14ClN3O2S2/c13-8-12(6-1-2-7-12)16-20(17,18)10-5-3-4-9-11(10)15-19-14-9/h3-5,16H,1-2,6-8H2. The Kier molecular flexibility index (Phi) is 3.70. The first-order valence-electron chi connectivity index (χ1n) is 6.38. The third-order valence-electron chi connectivity index (χ3n) is 3.71. The van der Waals surface area contributed by atoms with E-state index in [1.54, 1.807) is 18.2 Å². The lowest BCUT2D eigenvalue weighted by Gasteiger charge is -2.27. The Hall–Kier alpha value is -0.760. The van der Waals surface area contributed by atoms with Crippen molar-refractivity contribution in [1.82, 2.24) is 13.5 Å². The number of sulfonamides is 1. The first-order chi connectivity index (χ1) is 9.56. The van der Waals surface area contributed by atoms with Crippen LogP contribution in [0.1, 0.15) is 25.7 Å². The minimum atomic E-state index is -3.64. The van der Waals surface area contributed by atoms with E-state index in [0.29, 0.717) is 11.0 Å². The molecule has 0 unspecified atom stereocenters. The molecule has 8 heteroatoms. The molecule has 1 N–H and O–H groups in total. The van der Waals surface area contributed by atoms with E-state index in [2.05, 4.69) is 13.5 Å². The number of hydrogen-bond acceptors (Lipinski definition) is 5. The van der Waals surface area contributed by atoms with Crippen molar-refractivity contribution in [2.75, 3.05) is 5.88 Å². The quantitative estimate of drug-likeness (QED) is 0.874. The van der Waals surface area contributed by atoms with Gasteiger partial charge in [-0.2, -0.15) is 8.75 Å². The van der Waals surface area contributed by atoms with Crippen molar-refractivity contribution < 1.29 is 8.42 Å². The Morgan fingerprint density at radius 3 is 2.75 bits per heavy atom. The van der Waals surface area contributed by atoms with Crippen molar-refractivity contribution in [3.05, 3.63) is 18.2 Å². The molecule has 20 heavy (non-hydrogen) atoms. The number of hydrogen-bond donors (Lipinski definition) is 1. The van der Waals surface area contributed by atoms with E-state index in [1.807, 2.05) is 0 Å². The zero-order valence-corrected chi connectivity index (χ0v) is 13.1. The third kappa shape index (κ3) is 2.43. The van der Waals surface area contributed by atoms with Gasteiger partial charge in [-0.1, -0.05) is 18.9 Å². The summed E-state index contributed by atoms with van der Waals surface area (Å²) < 4.78 is 36.2. The number of aromatic nitrogens is 2. The molecule has 1 aliphatic rings. The summed E-state index contributed by atoms with van der Waals surface area (Å²) in [6, 6.07) is 4.99. The van der Waals surface area contributed by atoms with Crippen LogP contribution in [0.15, 0.2) is 23.1 Å². The molecular weight excluding hydrogens is 318 g/mol. The van der Waals surface area contributed by atoms with E-state index >= 15 is 0 Å². The van der Waals surface area contributed by atoms with Crippen LogP contribution in [0.25, 0.3) is 11.0 Å². The average molecular weight is 332 g/mol. The van der Waals surface area contributed by atoms with Crippen molar-refractivity contribution >= 4 is 44.4 Å². The highest BCUT2D eigenvalue weighted by molar-refractivity contribution is 7.89. The highest BCUT2D eigenvalue weighted by Gasteiger charge is 2.38. The molecule has 0 bridgehead atoms. The molecule has 0 atom stereocenters. The Morgan fingerprint density at radius 1 is 1.30 bits per heavy atom. The monoisotopic (exact) mass is 331 g/mol. The number of halogens is 1. The predicted octanol–water partition coefficient (Wildman–Crippen LogP) is 2.52. The molecule has 0 aliphatic heterocycles. The van der Waals surface area contributed by atoms with Gasteiger partial charge < -0.3 is 0 Å². The van der Waals surface area contributed by atoms with E-state index in [4.69, 9.17) is 11.6 Å². The third-order valence-corrected chi connectivity index (χ3v) is 6.37. The lowest BCUT2D eigenvalue weighted by molar-refractivity contribution is 0.433. The van der Waals surface area contributed by atoms with Crippen LogP contribution in [0, 0.1) is 0 Å². The van der Waals surface area contributed by atoms with E-state index in [0.717, 1.165) is 37.4 Å². The molecule has 0 radical (unpaired) electrons. The van der Waals surface area contributed by atoms with Gasteiger partial charge in [0.25, 0.3) is 0 Å². The Balaban J connectivity index is 2.02. The lowest BCUT2D eigenvalue weighted by Crippen LogP contribution is -2.47. The molecule has 1 fully saturated rings. The molecule has 1 aromatic carbocycles. The van der Waals surface area contributed by atoms with Gasteiger partial charge in [0.2, 0.25) is 10.0 Å². The smallest absolute Gasteiger partial charge is 0.207 e. The normalized spacial score (nSPS) is 18.6. The molecule has 0 spiro atoms. The molecule has 1 heterocycles. The summed E-state index contributed by atoms with van der Waals surface area (Å²) >= 11 is 7.01. The minimum Gasteiger partial charge on any atom is -0.207 e. The van der Waals surface area contributed by atoms with Crippen LogP contribution in [0.4, 0.5) is 0 Å². The van der Waals surface area contributed by atoms with Gasteiger partial charge in [-0.15, -0.1) is 11.6 Å². The number of benzene rings is 1. The highest BCUT2D eigenvalue weighted by Crippen LogP contribution is 2.33. The van der Waals surface area contributed by atoms with Crippen LogP contribution in [0.5, 0.6) is 0 Å². The van der Waals surface area contributed by atoms with E-state index < -0.39 is 15.6 Å². The van der Waals surface area contributed by atoms with Crippen LogP contribution in [0.3, 0.4) is 0 Å². The van der Waals surface area contributed by atoms with Crippen LogP contribution in [0.2, 0.25) is 0 Å². The SMILES string of the molecule is O=S(=O)(NC1(CCl)CCCC1)c1cccc2nsnc12. The van der Waals surface area contributed by atoms with Gasteiger partial charge in [-0.3, -0.25) is 0 Å². The second-order valence-electron chi connectivity index (χ2n) is 5.11. The topological polar surface area (TPSA) is 72.0 Å². The molecule has 1 aromatic heterocycles. The van der Waals surface area contributed by atoms with Crippen LogP contribution >= 0.6 is 23.3 Å². The van der Waals surface area contributed by atoms with Gasteiger partial charge in [0, 0.05) is 11.4 Å². The van der Waals surface area contributed by atoms with Crippen molar-refractivity contribution in [2.24, 2.45) is 0 Å². The molecule has 0 saturated heterocycles. The molecule has 108 valence electrons. The fraction of sp³-hybridized carbons (Fsp3) is 0.500. The zero-order chi connectivity index (χ0) is 14.2.